The molecule has 0 aliphatic carbocycles. The molecule has 0 bridgehead atoms. The van der Waals surface area contributed by atoms with E-state index in [1.807, 2.05) is 51.1 Å². The summed E-state index contributed by atoms with van der Waals surface area (Å²) in [7, 11) is -0.866. The number of carbonyl (C=O) groups is 1. The molecule has 1 aromatic rings. The number of amides is 1. The summed E-state index contributed by atoms with van der Waals surface area (Å²) in [5, 5.41) is 2.75. The smallest absolute Gasteiger partial charge is 0.225 e. The van der Waals surface area contributed by atoms with Crippen molar-refractivity contribution in [2.45, 2.75) is 27.2 Å². The molecule has 1 atom stereocenters. The Balaban J connectivity index is 0. The fourth-order valence-corrected chi connectivity index (χ4v) is 1.80. The van der Waals surface area contributed by atoms with Crippen molar-refractivity contribution in [1.82, 2.24) is 0 Å². The van der Waals surface area contributed by atoms with Gasteiger partial charge in [0.05, 0.1) is 0 Å². The summed E-state index contributed by atoms with van der Waals surface area (Å²) in [5.74, 6) is 0.969. The average Bonchev–Trinajstić information content (AvgIpc) is 2.39. The molecule has 0 radical (unpaired) electrons. The van der Waals surface area contributed by atoms with E-state index in [1.165, 1.54) is 0 Å². The standard InChI is InChI=1S/C11H15NO2S.C2H6.H2/c1-2-15(14)9-8-11(13)12-10-6-4-3-5-7-10;1-2;/h3-7H,2,8-9H2,1H3,(H,12,13);1-2H3;1H. The maximum atomic E-state index is 11.4. The van der Waals surface area contributed by atoms with Crippen molar-refractivity contribution >= 4 is 22.4 Å². The molecule has 1 unspecified atom stereocenters. The van der Waals surface area contributed by atoms with E-state index in [0.717, 1.165) is 5.69 Å². The van der Waals surface area contributed by atoms with Crippen LogP contribution in [-0.4, -0.2) is 21.6 Å². The summed E-state index contributed by atoms with van der Waals surface area (Å²) in [4.78, 5) is 11.4. The molecule has 0 aromatic heterocycles. The van der Waals surface area contributed by atoms with Gasteiger partial charge in [-0.1, -0.05) is 39.0 Å². The minimum Gasteiger partial charge on any atom is -0.326 e. The Morgan fingerprint density at radius 1 is 1.29 bits per heavy atom. The first-order chi connectivity index (χ1) is 8.22. The Morgan fingerprint density at radius 2 is 1.88 bits per heavy atom. The first-order valence-corrected chi connectivity index (χ1v) is 7.41. The lowest BCUT2D eigenvalue weighted by Gasteiger charge is -2.03. The number of rotatable bonds is 5. The molecule has 1 N–H and O–H groups in total. The van der Waals surface area contributed by atoms with E-state index in [9.17, 15) is 9.00 Å². The zero-order valence-corrected chi connectivity index (χ0v) is 11.5. The van der Waals surface area contributed by atoms with Gasteiger partial charge in [0, 0.05) is 35.8 Å². The molecule has 17 heavy (non-hydrogen) atoms. The van der Waals surface area contributed by atoms with Crippen LogP contribution in [0.5, 0.6) is 0 Å². The Bertz CT molecular complexity index is 344. The predicted molar refractivity (Wildman–Crippen MR) is 76.7 cm³/mol. The third-order valence-electron chi connectivity index (χ3n) is 1.94. The Labute approximate surface area is 108 Å². The van der Waals surface area contributed by atoms with Crippen LogP contribution in [0.4, 0.5) is 5.69 Å². The van der Waals surface area contributed by atoms with Gasteiger partial charge in [0.25, 0.3) is 0 Å². The first-order valence-electron chi connectivity index (χ1n) is 5.92. The van der Waals surface area contributed by atoms with Crippen LogP contribution in [0.15, 0.2) is 30.3 Å². The minimum atomic E-state index is -0.866. The zero-order chi connectivity index (χ0) is 13.1. The normalized spacial score (nSPS) is 11.0. The quantitative estimate of drug-likeness (QED) is 0.881. The molecule has 0 saturated heterocycles. The molecule has 0 heterocycles. The zero-order valence-electron chi connectivity index (χ0n) is 10.7. The minimum absolute atomic E-state index is 0. The molecule has 98 valence electrons. The van der Waals surface area contributed by atoms with Crippen LogP contribution in [-0.2, 0) is 15.6 Å². The maximum Gasteiger partial charge on any atom is 0.225 e. The van der Waals surface area contributed by atoms with Crippen molar-refractivity contribution in [3.63, 3.8) is 0 Å². The molecule has 0 fully saturated rings. The van der Waals surface area contributed by atoms with Crippen LogP contribution >= 0.6 is 0 Å². The van der Waals surface area contributed by atoms with Crippen molar-refractivity contribution in [1.29, 1.82) is 0 Å². The van der Waals surface area contributed by atoms with E-state index in [2.05, 4.69) is 5.32 Å². The van der Waals surface area contributed by atoms with Crippen LogP contribution in [0.3, 0.4) is 0 Å². The van der Waals surface area contributed by atoms with Crippen LogP contribution in [0.2, 0.25) is 0 Å². The van der Waals surface area contributed by atoms with E-state index < -0.39 is 10.8 Å². The van der Waals surface area contributed by atoms with Crippen LogP contribution in [0.25, 0.3) is 0 Å². The maximum absolute atomic E-state index is 11.4. The van der Waals surface area contributed by atoms with Crippen molar-refractivity contribution in [2.75, 3.05) is 16.8 Å². The van der Waals surface area contributed by atoms with E-state index in [4.69, 9.17) is 0 Å². The topological polar surface area (TPSA) is 46.2 Å². The third-order valence-corrected chi connectivity index (χ3v) is 3.24. The lowest BCUT2D eigenvalue weighted by molar-refractivity contribution is -0.115. The predicted octanol–water partition coefficient (Wildman–Crippen LogP) is 3.06. The van der Waals surface area contributed by atoms with E-state index in [0.29, 0.717) is 17.9 Å². The van der Waals surface area contributed by atoms with Crippen LogP contribution in [0.1, 0.15) is 28.6 Å². The molecule has 0 aliphatic heterocycles. The van der Waals surface area contributed by atoms with Gasteiger partial charge in [0.15, 0.2) is 0 Å². The van der Waals surface area contributed by atoms with Gasteiger partial charge >= 0.3 is 0 Å². The van der Waals surface area contributed by atoms with E-state index in [1.54, 1.807) is 0 Å². The van der Waals surface area contributed by atoms with Crippen molar-refractivity contribution in [3.8, 4) is 0 Å². The Morgan fingerprint density at radius 3 is 2.41 bits per heavy atom. The first kappa shape index (κ1) is 15.8. The summed E-state index contributed by atoms with van der Waals surface area (Å²) in [5.41, 5.74) is 0.782. The largest absolute Gasteiger partial charge is 0.326 e. The number of hydrogen-bond acceptors (Lipinski definition) is 2. The molecule has 0 spiro atoms. The average molecular weight is 257 g/mol. The van der Waals surface area contributed by atoms with Crippen molar-refractivity contribution in [2.24, 2.45) is 0 Å². The van der Waals surface area contributed by atoms with Gasteiger partial charge in [-0.25, -0.2) is 0 Å². The molecule has 0 aliphatic rings. The number of hydrogen-bond donors (Lipinski definition) is 1. The second kappa shape index (κ2) is 10.0. The summed E-state index contributed by atoms with van der Waals surface area (Å²) in [6, 6.07) is 9.27. The molecular weight excluding hydrogens is 234 g/mol. The molecule has 1 amide bonds. The molecular formula is C13H23NO2S. The number of anilines is 1. The second-order valence-electron chi connectivity index (χ2n) is 3.10. The molecule has 4 heteroatoms. The monoisotopic (exact) mass is 257 g/mol. The summed E-state index contributed by atoms with van der Waals surface area (Å²) >= 11 is 0. The van der Waals surface area contributed by atoms with Crippen molar-refractivity contribution < 1.29 is 10.4 Å². The number of para-hydroxylation sites is 1. The van der Waals surface area contributed by atoms with Gasteiger partial charge in [-0.15, -0.1) is 0 Å². The fraction of sp³-hybridized carbons (Fsp3) is 0.462. The van der Waals surface area contributed by atoms with Gasteiger partial charge in [-0.05, 0) is 12.1 Å². The van der Waals surface area contributed by atoms with E-state index >= 15 is 0 Å². The van der Waals surface area contributed by atoms with Gasteiger partial charge in [-0.2, -0.15) is 0 Å². The lowest BCUT2D eigenvalue weighted by atomic mass is 10.3. The highest BCUT2D eigenvalue weighted by molar-refractivity contribution is 7.84. The molecule has 1 aromatic carbocycles. The van der Waals surface area contributed by atoms with E-state index in [-0.39, 0.29) is 7.33 Å². The highest BCUT2D eigenvalue weighted by atomic mass is 32.2. The SMILES string of the molecule is CC.CCS(=O)CCC(=O)Nc1ccccc1.[HH]. The number of carbonyl (C=O) groups excluding carboxylic acids is 1. The summed E-state index contributed by atoms with van der Waals surface area (Å²) in [6.45, 7) is 5.85. The highest BCUT2D eigenvalue weighted by Gasteiger charge is 2.04. The third kappa shape index (κ3) is 7.69. The highest BCUT2D eigenvalue weighted by Crippen LogP contribution is 2.05. The number of nitrogens with one attached hydrogen (secondary N) is 1. The van der Waals surface area contributed by atoms with Crippen LogP contribution in [0, 0.1) is 0 Å². The fourth-order valence-electron chi connectivity index (χ4n) is 1.10. The summed E-state index contributed by atoms with van der Waals surface area (Å²) in [6.07, 6.45) is 0.315. The lowest BCUT2D eigenvalue weighted by Crippen LogP contribution is -2.15. The van der Waals surface area contributed by atoms with Crippen LogP contribution < -0.4 is 5.32 Å². The molecule has 0 saturated carbocycles. The Hall–Kier alpha value is -1.16. The van der Waals surface area contributed by atoms with Gasteiger partial charge in [0.2, 0.25) is 5.91 Å². The molecule has 3 nitrogen and oxygen atoms in total. The second-order valence-corrected chi connectivity index (χ2v) is 4.96. The van der Waals surface area contributed by atoms with Gasteiger partial charge < -0.3 is 5.32 Å². The Kier molecular flexibility index (Phi) is 9.34. The molecule has 1 rings (SSSR count). The van der Waals surface area contributed by atoms with Gasteiger partial charge in [-0.3, -0.25) is 9.00 Å². The number of benzene rings is 1. The van der Waals surface area contributed by atoms with Gasteiger partial charge in [0.1, 0.15) is 0 Å². The summed E-state index contributed by atoms with van der Waals surface area (Å²) < 4.78 is 11.1. The van der Waals surface area contributed by atoms with Crippen molar-refractivity contribution in [3.05, 3.63) is 30.3 Å².